The normalized spacial score (nSPS) is 11.7. The number of carbonyl (C=O) groups is 3. The van der Waals surface area contributed by atoms with E-state index in [0.717, 1.165) is 4.90 Å². The van der Waals surface area contributed by atoms with Crippen molar-refractivity contribution in [3.63, 3.8) is 0 Å². The molecule has 0 radical (unpaired) electrons. The first kappa shape index (κ1) is 26.6. The Morgan fingerprint density at radius 3 is 2.41 bits per heavy atom. The minimum Gasteiger partial charge on any atom is -0.508 e. The minimum atomic E-state index is -1.27. The van der Waals surface area contributed by atoms with Gasteiger partial charge in [0.25, 0.3) is 11.8 Å². The van der Waals surface area contributed by atoms with E-state index in [1.807, 2.05) is 0 Å². The van der Waals surface area contributed by atoms with Crippen LogP contribution in [0.15, 0.2) is 36.4 Å². The zero-order valence-corrected chi connectivity index (χ0v) is 20.5. The van der Waals surface area contributed by atoms with Gasteiger partial charge in [-0.25, -0.2) is 4.79 Å². The third kappa shape index (κ3) is 6.90. The van der Waals surface area contributed by atoms with Gasteiger partial charge in [0.05, 0.1) is 10.7 Å². The molecule has 2 aromatic rings. The molecule has 0 aromatic heterocycles. The van der Waals surface area contributed by atoms with Gasteiger partial charge in [0.1, 0.15) is 23.9 Å². The fourth-order valence-electron chi connectivity index (χ4n) is 3.09. The second kappa shape index (κ2) is 10.9. The molecule has 2 aromatic carbocycles. The number of ether oxygens (including phenoxy) is 1. The maximum absolute atomic E-state index is 13.4. The molecule has 1 unspecified atom stereocenters. The lowest BCUT2D eigenvalue weighted by Crippen LogP contribution is -2.44. The quantitative estimate of drug-likeness (QED) is 0.418. The minimum absolute atomic E-state index is 0.0232. The van der Waals surface area contributed by atoms with Crippen LogP contribution in [0.2, 0.25) is 5.02 Å². The average Bonchev–Trinajstić information content (AvgIpc) is 2.73. The van der Waals surface area contributed by atoms with E-state index in [0.29, 0.717) is 27.4 Å². The molecule has 180 valence electrons. The lowest BCUT2D eigenvalue weighted by Gasteiger charge is -2.27. The van der Waals surface area contributed by atoms with Gasteiger partial charge in [0.2, 0.25) is 0 Å². The number of terminal acetylenes is 1. The Hall–Kier alpha value is -3.70. The largest absolute Gasteiger partial charge is 0.508 e. The zero-order valence-electron chi connectivity index (χ0n) is 19.7. The topological polar surface area (TPSA) is 108 Å². The predicted octanol–water partition coefficient (Wildman–Crippen LogP) is 4.29. The van der Waals surface area contributed by atoms with Crippen LogP contribution < -0.4 is 10.6 Å². The number of rotatable bonds is 6. The number of benzene rings is 2. The third-order valence-electron chi connectivity index (χ3n) is 4.70. The van der Waals surface area contributed by atoms with Gasteiger partial charge in [0, 0.05) is 6.04 Å². The number of hydrogen-bond donors (Lipinski definition) is 3. The van der Waals surface area contributed by atoms with Crippen LogP contribution in [-0.2, 0) is 14.3 Å². The number of aryl methyl sites for hydroxylation is 2. The molecule has 34 heavy (non-hydrogen) atoms. The van der Waals surface area contributed by atoms with Crippen LogP contribution in [0.25, 0.3) is 0 Å². The number of carbonyl (C=O) groups excluding carboxylic acids is 3. The number of phenols is 1. The highest BCUT2D eigenvalue weighted by molar-refractivity contribution is 6.34. The Morgan fingerprint density at radius 1 is 1.18 bits per heavy atom. The Balaban J connectivity index is 2.38. The Kier molecular flexibility index (Phi) is 8.55. The van der Waals surface area contributed by atoms with Gasteiger partial charge in [-0.05, 0) is 69.5 Å². The Labute approximate surface area is 204 Å². The fraction of sp³-hybridized carbons (Fsp3) is 0.320. The zero-order chi connectivity index (χ0) is 25.6. The molecule has 8 nitrogen and oxygen atoms in total. The molecule has 0 bridgehead atoms. The van der Waals surface area contributed by atoms with E-state index in [2.05, 4.69) is 16.7 Å². The molecule has 9 heteroatoms. The van der Waals surface area contributed by atoms with Gasteiger partial charge in [-0.15, -0.1) is 0 Å². The van der Waals surface area contributed by atoms with Crippen LogP contribution in [0, 0.1) is 26.3 Å². The van der Waals surface area contributed by atoms with E-state index in [1.165, 1.54) is 12.1 Å². The maximum atomic E-state index is 13.4. The van der Waals surface area contributed by atoms with Crippen molar-refractivity contribution in [2.75, 3.05) is 11.9 Å². The number of anilines is 1. The summed E-state index contributed by atoms with van der Waals surface area (Å²) in [6, 6.07) is 10.6. The Morgan fingerprint density at radius 2 is 1.85 bits per heavy atom. The third-order valence-corrected chi connectivity index (χ3v) is 5.02. The monoisotopic (exact) mass is 485 g/mol. The standard InChI is InChI=1S/C25H28ClN3O5/c1-7-29(20(31)14-27-24(33)34-25(4,5)6)22(17-11-12-19(30)16(3)13-17)23(32)28-21-15(2)9-8-10-18(21)26/h1,8-13,22,30H,14H2,2-6H3,(H,27,33)(H,28,32). The molecule has 0 heterocycles. The van der Waals surface area contributed by atoms with Gasteiger partial charge < -0.3 is 20.5 Å². The van der Waals surface area contributed by atoms with Crippen LogP contribution in [0.4, 0.5) is 10.5 Å². The number of hydrogen-bond acceptors (Lipinski definition) is 5. The van der Waals surface area contributed by atoms with Crippen molar-refractivity contribution < 1.29 is 24.2 Å². The highest BCUT2D eigenvalue weighted by atomic mass is 35.5. The van der Waals surface area contributed by atoms with Crippen molar-refractivity contribution >= 4 is 35.2 Å². The summed E-state index contributed by atoms with van der Waals surface area (Å²) in [6.07, 6.45) is 4.83. The Bertz CT molecular complexity index is 1110. The lowest BCUT2D eigenvalue weighted by molar-refractivity contribution is -0.134. The molecular formula is C25H28ClN3O5. The summed E-state index contributed by atoms with van der Waals surface area (Å²) in [5, 5.41) is 15.3. The summed E-state index contributed by atoms with van der Waals surface area (Å²) in [7, 11) is 0. The fourth-order valence-corrected chi connectivity index (χ4v) is 3.35. The maximum Gasteiger partial charge on any atom is 0.408 e. The number of alkyl carbamates (subject to hydrolysis) is 1. The highest BCUT2D eigenvalue weighted by Gasteiger charge is 2.32. The van der Waals surface area contributed by atoms with Crippen molar-refractivity contribution in [3.05, 3.63) is 58.1 Å². The van der Waals surface area contributed by atoms with Crippen molar-refractivity contribution in [2.45, 2.75) is 46.3 Å². The first-order valence-corrected chi connectivity index (χ1v) is 10.8. The molecule has 3 N–H and O–H groups in total. The van der Waals surface area contributed by atoms with Crippen molar-refractivity contribution in [1.29, 1.82) is 0 Å². The number of phenolic OH excluding ortho intramolecular Hbond substituents is 1. The molecule has 1 atom stereocenters. The van der Waals surface area contributed by atoms with Crippen LogP contribution in [0.1, 0.15) is 43.5 Å². The summed E-state index contributed by atoms with van der Waals surface area (Å²) < 4.78 is 5.13. The van der Waals surface area contributed by atoms with E-state index >= 15 is 0 Å². The van der Waals surface area contributed by atoms with Crippen LogP contribution >= 0.6 is 11.6 Å². The summed E-state index contributed by atoms with van der Waals surface area (Å²) in [5.74, 6) is -1.31. The van der Waals surface area contributed by atoms with E-state index in [9.17, 15) is 19.5 Å². The summed E-state index contributed by atoms with van der Waals surface area (Å²) in [5.41, 5.74) is 1.19. The number of nitrogens with zero attached hydrogens (tertiary/aromatic N) is 1. The van der Waals surface area contributed by atoms with Gasteiger partial charge in [-0.1, -0.05) is 36.2 Å². The van der Waals surface area contributed by atoms with Gasteiger partial charge in [-0.3, -0.25) is 14.5 Å². The first-order chi connectivity index (χ1) is 15.8. The molecule has 0 aliphatic rings. The molecule has 0 fully saturated rings. The number of aromatic hydroxyl groups is 1. The van der Waals surface area contributed by atoms with Gasteiger partial charge in [0.15, 0.2) is 0 Å². The number of halogens is 1. The van der Waals surface area contributed by atoms with Gasteiger partial charge in [-0.2, -0.15) is 0 Å². The van der Waals surface area contributed by atoms with Crippen LogP contribution in [-0.4, -0.2) is 40.1 Å². The van der Waals surface area contributed by atoms with Crippen LogP contribution in [0.5, 0.6) is 5.75 Å². The molecule has 0 aliphatic carbocycles. The van der Waals surface area contributed by atoms with Gasteiger partial charge >= 0.3 is 6.09 Å². The molecule has 2 rings (SSSR count). The molecule has 3 amide bonds. The molecular weight excluding hydrogens is 458 g/mol. The van der Waals surface area contributed by atoms with E-state index < -0.39 is 36.1 Å². The summed E-state index contributed by atoms with van der Waals surface area (Å²) >= 11 is 6.25. The molecule has 0 saturated heterocycles. The highest BCUT2D eigenvalue weighted by Crippen LogP contribution is 2.30. The number of amides is 3. The van der Waals surface area contributed by atoms with Crippen LogP contribution in [0.3, 0.4) is 0 Å². The molecule has 0 spiro atoms. The first-order valence-electron chi connectivity index (χ1n) is 10.4. The van der Waals surface area contributed by atoms with Crippen molar-refractivity contribution in [1.82, 2.24) is 10.2 Å². The second-order valence-electron chi connectivity index (χ2n) is 8.62. The summed E-state index contributed by atoms with van der Waals surface area (Å²) in [6.45, 7) is 7.99. The van der Waals surface area contributed by atoms with E-state index in [4.69, 9.17) is 22.8 Å². The lowest BCUT2D eigenvalue weighted by atomic mass is 10.0. The number of para-hydroxylation sites is 1. The molecule has 0 aliphatic heterocycles. The van der Waals surface area contributed by atoms with Crippen molar-refractivity contribution in [3.8, 4) is 18.2 Å². The SMILES string of the molecule is C#CN(C(=O)CNC(=O)OC(C)(C)C)C(C(=O)Nc1c(C)cccc1Cl)c1ccc(O)c(C)c1. The van der Waals surface area contributed by atoms with E-state index in [-0.39, 0.29) is 5.75 Å². The molecule has 0 saturated carbocycles. The number of nitrogens with one attached hydrogen (secondary N) is 2. The van der Waals surface area contributed by atoms with Crippen molar-refractivity contribution in [2.24, 2.45) is 0 Å². The average molecular weight is 486 g/mol. The summed E-state index contributed by atoms with van der Waals surface area (Å²) in [4.78, 5) is 39.2. The smallest absolute Gasteiger partial charge is 0.408 e. The second-order valence-corrected chi connectivity index (χ2v) is 9.02. The predicted molar refractivity (Wildman–Crippen MR) is 130 cm³/mol. The van der Waals surface area contributed by atoms with E-state index in [1.54, 1.807) is 58.9 Å².